The molecule has 34 heavy (non-hydrogen) atoms. The van der Waals surface area contributed by atoms with Crippen LogP contribution in [-0.4, -0.2) is 52.0 Å². The normalized spacial score (nSPS) is 14.7. The average Bonchev–Trinajstić information content (AvgIpc) is 3.66. The Morgan fingerprint density at radius 2 is 1.88 bits per heavy atom. The van der Waals surface area contributed by atoms with E-state index in [1.165, 1.54) is 11.7 Å². The standard InChI is InChI=1S/C24H24F3N3O3S/c1-15(16-7-8-16)29(14-24(25,26)27)21(31)13-34-23-28-20-6-4-3-5-19(20)22(32)30(23)17-9-11-18(33-2)12-10-17/h3-6,9-12,15-16H,7-8,13-14H2,1-2H3/t15-/m0/s1. The third kappa shape index (κ3) is 5.38. The molecule has 180 valence electrons. The molecule has 0 N–H and O–H groups in total. The van der Waals surface area contributed by atoms with Gasteiger partial charge in [-0.1, -0.05) is 23.9 Å². The van der Waals surface area contributed by atoms with Crippen molar-refractivity contribution in [2.24, 2.45) is 5.92 Å². The van der Waals surface area contributed by atoms with Crippen molar-refractivity contribution in [2.75, 3.05) is 19.4 Å². The summed E-state index contributed by atoms with van der Waals surface area (Å²) in [4.78, 5) is 31.7. The number of halogens is 3. The van der Waals surface area contributed by atoms with Gasteiger partial charge in [0.2, 0.25) is 5.91 Å². The van der Waals surface area contributed by atoms with Crippen LogP contribution in [0.15, 0.2) is 58.5 Å². The summed E-state index contributed by atoms with van der Waals surface area (Å²) in [5.41, 5.74) is 0.632. The number of hydrogen-bond acceptors (Lipinski definition) is 5. The molecule has 1 fully saturated rings. The van der Waals surface area contributed by atoms with Crippen LogP contribution >= 0.6 is 11.8 Å². The molecule has 10 heteroatoms. The molecule has 0 bridgehead atoms. The average molecular weight is 492 g/mol. The molecule has 1 aliphatic carbocycles. The highest BCUT2D eigenvalue weighted by Gasteiger charge is 2.40. The summed E-state index contributed by atoms with van der Waals surface area (Å²) in [5.74, 6) is -0.210. The molecule has 0 saturated heterocycles. The van der Waals surface area contributed by atoms with Crippen molar-refractivity contribution in [2.45, 2.75) is 37.1 Å². The van der Waals surface area contributed by atoms with E-state index < -0.39 is 24.7 Å². The molecule has 6 nitrogen and oxygen atoms in total. The zero-order valence-corrected chi connectivity index (χ0v) is 19.5. The summed E-state index contributed by atoms with van der Waals surface area (Å²) in [6.45, 7) is 0.369. The van der Waals surface area contributed by atoms with Gasteiger partial charge in [-0.25, -0.2) is 4.98 Å². The number of thioether (sulfide) groups is 1. The van der Waals surface area contributed by atoms with E-state index in [2.05, 4.69) is 4.98 Å². The number of methoxy groups -OCH3 is 1. The Morgan fingerprint density at radius 1 is 1.21 bits per heavy atom. The van der Waals surface area contributed by atoms with Crippen LogP contribution in [0.3, 0.4) is 0 Å². The van der Waals surface area contributed by atoms with E-state index >= 15 is 0 Å². The number of nitrogens with zero attached hydrogens (tertiary/aromatic N) is 3. The lowest BCUT2D eigenvalue weighted by Gasteiger charge is -2.30. The van der Waals surface area contributed by atoms with E-state index in [-0.39, 0.29) is 22.4 Å². The van der Waals surface area contributed by atoms with E-state index in [4.69, 9.17) is 4.74 Å². The lowest BCUT2D eigenvalue weighted by molar-refractivity contribution is -0.164. The molecule has 1 heterocycles. The molecular formula is C24H24F3N3O3S. The Labute approximate surface area is 198 Å². The first kappa shape index (κ1) is 24.1. The van der Waals surface area contributed by atoms with Crippen LogP contribution in [0.2, 0.25) is 0 Å². The first-order valence-electron chi connectivity index (χ1n) is 10.8. The predicted molar refractivity (Wildman–Crippen MR) is 125 cm³/mol. The second-order valence-electron chi connectivity index (χ2n) is 8.25. The van der Waals surface area contributed by atoms with Crippen LogP contribution in [0.5, 0.6) is 5.75 Å². The Hall–Kier alpha value is -3.01. The molecule has 4 rings (SSSR count). The predicted octanol–water partition coefficient (Wildman–Crippen LogP) is 4.68. The number of carbonyl (C=O) groups is 1. The minimum Gasteiger partial charge on any atom is -0.497 e. The molecule has 1 aliphatic rings. The van der Waals surface area contributed by atoms with Crippen molar-refractivity contribution in [3.8, 4) is 11.4 Å². The SMILES string of the molecule is COc1ccc(-n2c(SCC(=O)N(CC(F)(F)F)[C@@H](C)C3CC3)nc3ccccc3c2=O)cc1. The second kappa shape index (κ2) is 9.69. The van der Waals surface area contributed by atoms with Crippen molar-refractivity contribution in [3.05, 3.63) is 58.9 Å². The molecule has 1 saturated carbocycles. The summed E-state index contributed by atoms with van der Waals surface area (Å²) in [6.07, 6.45) is -2.85. The molecule has 0 unspecified atom stereocenters. The zero-order chi connectivity index (χ0) is 24.5. The third-order valence-corrected chi connectivity index (χ3v) is 6.79. The van der Waals surface area contributed by atoms with Gasteiger partial charge in [0.1, 0.15) is 12.3 Å². The van der Waals surface area contributed by atoms with E-state index in [0.717, 1.165) is 29.5 Å². The van der Waals surface area contributed by atoms with Crippen LogP contribution in [0, 0.1) is 5.92 Å². The van der Waals surface area contributed by atoms with Gasteiger partial charge in [-0.15, -0.1) is 0 Å². The highest BCUT2D eigenvalue weighted by atomic mass is 32.2. The second-order valence-corrected chi connectivity index (χ2v) is 9.20. The van der Waals surface area contributed by atoms with Crippen LogP contribution in [0.25, 0.3) is 16.6 Å². The molecular weight excluding hydrogens is 467 g/mol. The van der Waals surface area contributed by atoms with Crippen molar-refractivity contribution in [3.63, 3.8) is 0 Å². The maximum absolute atomic E-state index is 13.3. The van der Waals surface area contributed by atoms with Gasteiger partial charge in [0, 0.05) is 6.04 Å². The van der Waals surface area contributed by atoms with Crippen molar-refractivity contribution < 1.29 is 22.7 Å². The quantitative estimate of drug-likeness (QED) is 0.338. The molecule has 1 amide bonds. The molecule has 0 aliphatic heterocycles. The summed E-state index contributed by atoms with van der Waals surface area (Å²) >= 11 is 0.955. The number of amides is 1. The number of aromatic nitrogens is 2. The number of para-hydroxylation sites is 1. The monoisotopic (exact) mass is 491 g/mol. The third-order valence-electron chi connectivity index (χ3n) is 5.87. The van der Waals surface area contributed by atoms with Gasteiger partial charge in [0.15, 0.2) is 5.16 Å². The fourth-order valence-corrected chi connectivity index (χ4v) is 4.76. The van der Waals surface area contributed by atoms with E-state index in [1.54, 1.807) is 55.5 Å². The maximum atomic E-state index is 13.3. The molecule has 3 aromatic rings. The lowest BCUT2D eigenvalue weighted by atomic mass is 10.2. The Morgan fingerprint density at radius 3 is 2.50 bits per heavy atom. The fourth-order valence-electron chi connectivity index (χ4n) is 3.86. The smallest absolute Gasteiger partial charge is 0.406 e. The summed E-state index contributed by atoms with van der Waals surface area (Å²) in [7, 11) is 1.53. The van der Waals surface area contributed by atoms with Gasteiger partial charge in [0.25, 0.3) is 5.56 Å². The van der Waals surface area contributed by atoms with Gasteiger partial charge in [-0.05, 0) is 62.1 Å². The van der Waals surface area contributed by atoms with Gasteiger partial charge in [-0.2, -0.15) is 13.2 Å². The Bertz CT molecular complexity index is 1240. The highest BCUT2D eigenvalue weighted by Crippen LogP contribution is 2.36. The van der Waals surface area contributed by atoms with Crippen molar-refractivity contribution in [1.29, 1.82) is 0 Å². The van der Waals surface area contributed by atoms with E-state index in [1.807, 2.05) is 0 Å². The van der Waals surface area contributed by atoms with E-state index in [0.29, 0.717) is 22.3 Å². The largest absolute Gasteiger partial charge is 0.497 e. The topological polar surface area (TPSA) is 64.4 Å². The molecule has 0 spiro atoms. The van der Waals surface area contributed by atoms with Crippen molar-refractivity contribution >= 4 is 28.6 Å². The van der Waals surface area contributed by atoms with Crippen LogP contribution in [0.1, 0.15) is 19.8 Å². The van der Waals surface area contributed by atoms with Crippen LogP contribution < -0.4 is 10.3 Å². The summed E-state index contributed by atoms with van der Waals surface area (Å²) in [6, 6.07) is 13.1. The molecule has 1 aromatic heterocycles. The Balaban J connectivity index is 1.67. The van der Waals surface area contributed by atoms with Gasteiger partial charge in [0.05, 0.1) is 29.5 Å². The number of carbonyl (C=O) groups excluding carboxylic acids is 1. The van der Waals surface area contributed by atoms with Gasteiger partial charge in [-0.3, -0.25) is 14.2 Å². The molecule has 1 atom stereocenters. The van der Waals surface area contributed by atoms with Crippen LogP contribution in [0.4, 0.5) is 13.2 Å². The summed E-state index contributed by atoms with van der Waals surface area (Å²) < 4.78 is 46.1. The lowest BCUT2D eigenvalue weighted by Crippen LogP contribution is -2.46. The first-order chi connectivity index (χ1) is 16.2. The number of ether oxygens (including phenoxy) is 1. The number of hydrogen-bond donors (Lipinski definition) is 0. The van der Waals surface area contributed by atoms with Gasteiger partial charge < -0.3 is 9.64 Å². The summed E-state index contributed by atoms with van der Waals surface area (Å²) in [5, 5.41) is 0.628. The minimum atomic E-state index is -4.49. The molecule has 2 aromatic carbocycles. The van der Waals surface area contributed by atoms with Gasteiger partial charge >= 0.3 is 6.18 Å². The number of benzene rings is 2. The number of rotatable bonds is 8. The number of alkyl halides is 3. The van der Waals surface area contributed by atoms with Crippen molar-refractivity contribution in [1.82, 2.24) is 14.5 Å². The zero-order valence-electron chi connectivity index (χ0n) is 18.7. The maximum Gasteiger partial charge on any atom is 0.406 e. The Kier molecular flexibility index (Phi) is 6.88. The number of fused-ring (bicyclic) bond motifs is 1. The first-order valence-corrected chi connectivity index (χ1v) is 11.8. The molecule has 0 radical (unpaired) electrons. The highest BCUT2D eigenvalue weighted by molar-refractivity contribution is 7.99. The minimum absolute atomic E-state index is 0.0903. The fraction of sp³-hybridized carbons (Fsp3) is 0.375. The van der Waals surface area contributed by atoms with E-state index in [9.17, 15) is 22.8 Å². The van der Waals surface area contributed by atoms with Crippen LogP contribution in [-0.2, 0) is 4.79 Å².